The molecule has 0 amide bonds. The van der Waals surface area contributed by atoms with Gasteiger partial charge >= 0.3 is 0 Å². The molecule has 0 aromatic heterocycles. The SMILES string of the molecule is C=CCc1cc(F)c(F)c(OCCC)c1. The van der Waals surface area contributed by atoms with Gasteiger partial charge in [-0.2, -0.15) is 4.39 Å². The summed E-state index contributed by atoms with van der Waals surface area (Å²) in [5.41, 5.74) is 0.662. The van der Waals surface area contributed by atoms with Crippen LogP contribution in [0, 0.1) is 11.6 Å². The highest BCUT2D eigenvalue weighted by Crippen LogP contribution is 2.22. The molecule has 0 fully saturated rings. The quantitative estimate of drug-likeness (QED) is 0.679. The lowest BCUT2D eigenvalue weighted by molar-refractivity contribution is 0.295. The first-order chi connectivity index (χ1) is 7.19. The lowest BCUT2D eigenvalue weighted by Crippen LogP contribution is -2.00. The summed E-state index contributed by atoms with van der Waals surface area (Å²) in [6.07, 6.45) is 2.89. The molecule has 0 radical (unpaired) electrons. The summed E-state index contributed by atoms with van der Waals surface area (Å²) in [7, 11) is 0. The summed E-state index contributed by atoms with van der Waals surface area (Å²) in [5.74, 6) is -1.81. The van der Waals surface area contributed by atoms with E-state index in [1.54, 1.807) is 6.08 Å². The Hall–Kier alpha value is -1.38. The molecule has 3 heteroatoms. The van der Waals surface area contributed by atoms with Gasteiger partial charge in [-0.3, -0.25) is 0 Å². The zero-order valence-corrected chi connectivity index (χ0v) is 8.72. The number of benzene rings is 1. The van der Waals surface area contributed by atoms with Crippen LogP contribution in [0.1, 0.15) is 18.9 Å². The molecule has 0 bridgehead atoms. The number of halogens is 2. The molecule has 1 aromatic carbocycles. The van der Waals surface area contributed by atoms with E-state index >= 15 is 0 Å². The number of hydrogen-bond donors (Lipinski definition) is 0. The van der Waals surface area contributed by atoms with Gasteiger partial charge in [0.2, 0.25) is 5.82 Å². The van der Waals surface area contributed by atoms with Crippen molar-refractivity contribution in [2.24, 2.45) is 0 Å². The third kappa shape index (κ3) is 3.05. The van der Waals surface area contributed by atoms with Gasteiger partial charge in [-0.15, -0.1) is 6.58 Å². The second-order valence-corrected chi connectivity index (χ2v) is 3.23. The first-order valence-corrected chi connectivity index (χ1v) is 4.90. The van der Waals surface area contributed by atoms with Crippen LogP contribution in [-0.4, -0.2) is 6.61 Å². The predicted octanol–water partition coefficient (Wildman–Crippen LogP) is 3.48. The van der Waals surface area contributed by atoms with Gasteiger partial charge in [-0.25, -0.2) is 4.39 Å². The second kappa shape index (κ2) is 5.49. The van der Waals surface area contributed by atoms with E-state index in [1.165, 1.54) is 6.07 Å². The van der Waals surface area contributed by atoms with Crippen LogP contribution in [0.3, 0.4) is 0 Å². The van der Waals surface area contributed by atoms with E-state index in [0.29, 0.717) is 18.6 Å². The third-order valence-electron chi connectivity index (χ3n) is 1.90. The van der Waals surface area contributed by atoms with E-state index in [-0.39, 0.29) is 5.75 Å². The number of hydrogen-bond acceptors (Lipinski definition) is 1. The van der Waals surface area contributed by atoms with Crippen molar-refractivity contribution in [2.45, 2.75) is 19.8 Å². The number of ether oxygens (including phenoxy) is 1. The third-order valence-corrected chi connectivity index (χ3v) is 1.90. The summed E-state index contributed by atoms with van der Waals surface area (Å²) in [6, 6.07) is 2.67. The van der Waals surface area contributed by atoms with Crippen LogP contribution in [0.4, 0.5) is 8.78 Å². The van der Waals surface area contributed by atoms with Crippen molar-refractivity contribution in [3.63, 3.8) is 0 Å². The van der Waals surface area contributed by atoms with Gasteiger partial charge in [0.05, 0.1) is 6.61 Å². The average Bonchev–Trinajstić information content (AvgIpc) is 2.21. The Bertz CT molecular complexity index is 348. The molecule has 82 valence electrons. The standard InChI is InChI=1S/C12H14F2O/c1-3-5-9-7-10(13)12(14)11(8-9)15-6-4-2/h3,7-8H,1,4-6H2,2H3. The van der Waals surface area contributed by atoms with Crippen molar-refractivity contribution >= 4 is 0 Å². The summed E-state index contributed by atoms with van der Waals surface area (Å²) in [6.45, 7) is 5.83. The molecule has 0 atom stereocenters. The maximum Gasteiger partial charge on any atom is 0.200 e. The number of allylic oxidation sites excluding steroid dienone is 1. The molecule has 15 heavy (non-hydrogen) atoms. The maximum absolute atomic E-state index is 13.2. The smallest absolute Gasteiger partial charge is 0.200 e. The van der Waals surface area contributed by atoms with Crippen molar-refractivity contribution in [3.05, 3.63) is 42.0 Å². The molecule has 0 unspecified atom stereocenters. The summed E-state index contributed by atoms with van der Waals surface area (Å²) < 4.78 is 31.4. The molecule has 0 N–H and O–H groups in total. The van der Waals surface area contributed by atoms with Crippen LogP contribution >= 0.6 is 0 Å². The fraction of sp³-hybridized carbons (Fsp3) is 0.333. The molecule has 0 saturated heterocycles. The Morgan fingerprint density at radius 2 is 2.13 bits per heavy atom. The number of rotatable bonds is 5. The van der Waals surface area contributed by atoms with E-state index in [0.717, 1.165) is 12.5 Å². The largest absolute Gasteiger partial charge is 0.490 e. The topological polar surface area (TPSA) is 9.23 Å². The van der Waals surface area contributed by atoms with E-state index in [1.807, 2.05) is 6.92 Å². The Balaban J connectivity index is 2.96. The Kier molecular flexibility index (Phi) is 4.28. The van der Waals surface area contributed by atoms with Crippen LogP contribution in [0.5, 0.6) is 5.75 Å². The van der Waals surface area contributed by atoms with Gasteiger partial charge < -0.3 is 4.74 Å². The normalized spacial score (nSPS) is 10.1. The van der Waals surface area contributed by atoms with Crippen molar-refractivity contribution in [1.29, 1.82) is 0 Å². The summed E-state index contributed by atoms with van der Waals surface area (Å²) >= 11 is 0. The summed E-state index contributed by atoms with van der Waals surface area (Å²) in [4.78, 5) is 0. The highest BCUT2D eigenvalue weighted by Gasteiger charge is 2.11. The zero-order chi connectivity index (χ0) is 11.3. The predicted molar refractivity (Wildman–Crippen MR) is 56.0 cm³/mol. The van der Waals surface area contributed by atoms with Crippen molar-refractivity contribution < 1.29 is 13.5 Å². The van der Waals surface area contributed by atoms with E-state index in [9.17, 15) is 8.78 Å². The van der Waals surface area contributed by atoms with Crippen LogP contribution in [0.25, 0.3) is 0 Å². The molecule has 0 aliphatic heterocycles. The first-order valence-electron chi connectivity index (χ1n) is 4.90. The molecule has 1 aromatic rings. The van der Waals surface area contributed by atoms with E-state index < -0.39 is 11.6 Å². The Labute approximate surface area is 88.4 Å². The van der Waals surface area contributed by atoms with E-state index in [4.69, 9.17) is 4.74 Å². The van der Waals surface area contributed by atoms with Gasteiger partial charge in [-0.1, -0.05) is 13.0 Å². The molecular formula is C12H14F2O. The molecule has 0 aliphatic rings. The van der Waals surface area contributed by atoms with Crippen molar-refractivity contribution in [1.82, 2.24) is 0 Å². The molecular weight excluding hydrogens is 198 g/mol. The minimum absolute atomic E-state index is 0.0197. The van der Waals surface area contributed by atoms with E-state index in [2.05, 4.69) is 6.58 Å². The molecule has 0 heterocycles. The monoisotopic (exact) mass is 212 g/mol. The average molecular weight is 212 g/mol. The van der Waals surface area contributed by atoms with Gasteiger partial charge in [0, 0.05) is 0 Å². The van der Waals surface area contributed by atoms with Crippen LogP contribution in [0.15, 0.2) is 24.8 Å². The van der Waals surface area contributed by atoms with Crippen molar-refractivity contribution in [3.8, 4) is 5.75 Å². The molecule has 0 aliphatic carbocycles. The molecule has 0 saturated carbocycles. The van der Waals surface area contributed by atoms with Crippen molar-refractivity contribution in [2.75, 3.05) is 6.61 Å². The zero-order valence-electron chi connectivity index (χ0n) is 8.72. The highest BCUT2D eigenvalue weighted by molar-refractivity contribution is 5.32. The van der Waals surface area contributed by atoms with Crippen LogP contribution < -0.4 is 4.74 Å². The maximum atomic E-state index is 13.2. The fourth-order valence-electron chi connectivity index (χ4n) is 1.22. The van der Waals surface area contributed by atoms with Gasteiger partial charge in [-0.05, 0) is 30.5 Å². The van der Waals surface area contributed by atoms with Gasteiger partial charge in [0.25, 0.3) is 0 Å². The minimum Gasteiger partial charge on any atom is -0.490 e. The van der Waals surface area contributed by atoms with Gasteiger partial charge in [0.1, 0.15) is 0 Å². The minimum atomic E-state index is -0.920. The van der Waals surface area contributed by atoms with Gasteiger partial charge in [0.15, 0.2) is 11.6 Å². The Morgan fingerprint density at radius 1 is 1.40 bits per heavy atom. The second-order valence-electron chi connectivity index (χ2n) is 3.23. The highest BCUT2D eigenvalue weighted by atomic mass is 19.2. The first kappa shape index (κ1) is 11.7. The molecule has 0 spiro atoms. The lowest BCUT2D eigenvalue weighted by Gasteiger charge is -2.08. The Morgan fingerprint density at radius 3 is 2.73 bits per heavy atom. The molecule has 1 nitrogen and oxygen atoms in total. The molecule has 1 rings (SSSR count). The summed E-state index contributed by atoms with van der Waals surface area (Å²) in [5, 5.41) is 0. The van der Waals surface area contributed by atoms with Crippen LogP contribution in [-0.2, 0) is 6.42 Å². The fourth-order valence-corrected chi connectivity index (χ4v) is 1.22. The lowest BCUT2D eigenvalue weighted by atomic mass is 10.1. The van der Waals surface area contributed by atoms with Crippen LogP contribution in [0.2, 0.25) is 0 Å².